The van der Waals surface area contributed by atoms with Gasteiger partial charge in [0.1, 0.15) is 11.7 Å². The Hall–Kier alpha value is -3.24. The van der Waals surface area contributed by atoms with Gasteiger partial charge in [-0.25, -0.2) is 9.97 Å². The van der Waals surface area contributed by atoms with Gasteiger partial charge < -0.3 is 4.90 Å². The van der Waals surface area contributed by atoms with Crippen molar-refractivity contribution in [2.45, 2.75) is 13.5 Å². The summed E-state index contributed by atoms with van der Waals surface area (Å²) in [5, 5.41) is 9.24. The van der Waals surface area contributed by atoms with Crippen LogP contribution in [0.1, 0.15) is 17.0 Å². The molecule has 0 unspecified atom stereocenters. The van der Waals surface area contributed by atoms with E-state index in [2.05, 4.69) is 25.8 Å². The molecule has 7 nitrogen and oxygen atoms in total. The van der Waals surface area contributed by atoms with Crippen LogP contribution in [0.3, 0.4) is 0 Å². The number of nitrogens with zero attached hydrogens (tertiary/aromatic N) is 6. The predicted molar refractivity (Wildman–Crippen MR) is 103 cm³/mol. The lowest BCUT2D eigenvalue weighted by Crippen LogP contribution is -2.46. The van der Waals surface area contributed by atoms with Crippen LogP contribution < -0.4 is 10.5 Å². The number of rotatable bonds is 3. The van der Waals surface area contributed by atoms with Gasteiger partial charge >= 0.3 is 0 Å². The lowest BCUT2D eigenvalue weighted by molar-refractivity contribution is 0.247. The molecule has 4 rings (SSSR count). The van der Waals surface area contributed by atoms with Crippen LogP contribution in [0.5, 0.6) is 0 Å². The Morgan fingerprint density at radius 3 is 2.78 bits per heavy atom. The average molecular weight is 360 g/mol. The van der Waals surface area contributed by atoms with Gasteiger partial charge in [-0.3, -0.25) is 14.1 Å². The van der Waals surface area contributed by atoms with Crippen molar-refractivity contribution < 1.29 is 0 Å². The second-order valence-electron chi connectivity index (χ2n) is 6.77. The molecule has 1 aliphatic rings. The van der Waals surface area contributed by atoms with E-state index >= 15 is 0 Å². The minimum absolute atomic E-state index is 0.0497. The van der Waals surface area contributed by atoms with Crippen molar-refractivity contribution in [1.82, 2.24) is 19.3 Å². The third-order valence-corrected chi connectivity index (χ3v) is 4.85. The second kappa shape index (κ2) is 7.17. The van der Waals surface area contributed by atoms with Gasteiger partial charge in [-0.05, 0) is 30.7 Å². The number of hydrogen-bond acceptors (Lipinski definition) is 6. The van der Waals surface area contributed by atoms with E-state index in [1.807, 2.05) is 37.4 Å². The molecular weight excluding hydrogens is 340 g/mol. The summed E-state index contributed by atoms with van der Waals surface area (Å²) in [4.78, 5) is 25.6. The van der Waals surface area contributed by atoms with E-state index in [1.165, 1.54) is 0 Å². The molecule has 0 saturated carbocycles. The van der Waals surface area contributed by atoms with E-state index in [0.717, 1.165) is 43.1 Å². The van der Waals surface area contributed by atoms with E-state index in [1.54, 1.807) is 16.7 Å². The summed E-state index contributed by atoms with van der Waals surface area (Å²) in [6.07, 6.45) is 3.46. The molecule has 136 valence electrons. The molecular formula is C20H20N6O. The highest BCUT2D eigenvalue weighted by Gasteiger charge is 2.20. The average Bonchev–Trinajstić information content (AvgIpc) is 2.69. The van der Waals surface area contributed by atoms with Crippen molar-refractivity contribution in [1.29, 1.82) is 5.26 Å². The van der Waals surface area contributed by atoms with E-state index in [-0.39, 0.29) is 5.56 Å². The molecule has 0 aliphatic carbocycles. The molecule has 0 atom stereocenters. The molecule has 4 heterocycles. The summed E-state index contributed by atoms with van der Waals surface area (Å²) in [6.45, 7) is 5.91. The Morgan fingerprint density at radius 2 is 2.00 bits per heavy atom. The zero-order chi connectivity index (χ0) is 18.8. The fraction of sp³-hybridized carbons (Fsp3) is 0.300. The summed E-state index contributed by atoms with van der Waals surface area (Å²) in [6, 6.07) is 11.4. The first-order valence-corrected chi connectivity index (χ1v) is 8.95. The Balaban J connectivity index is 1.47. The fourth-order valence-corrected chi connectivity index (χ4v) is 3.45. The van der Waals surface area contributed by atoms with Gasteiger partial charge in [-0.2, -0.15) is 5.26 Å². The van der Waals surface area contributed by atoms with Crippen LogP contribution in [0.4, 0.5) is 5.69 Å². The number of nitriles is 1. The van der Waals surface area contributed by atoms with Gasteiger partial charge in [0.05, 0.1) is 11.4 Å². The van der Waals surface area contributed by atoms with E-state index in [9.17, 15) is 10.1 Å². The van der Waals surface area contributed by atoms with E-state index < -0.39 is 0 Å². The minimum Gasteiger partial charge on any atom is -0.367 e. The highest BCUT2D eigenvalue weighted by molar-refractivity contribution is 5.56. The lowest BCUT2D eigenvalue weighted by atomic mass is 10.2. The summed E-state index contributed by atoms with van der Waals surface area (Å²) >= 11 is 0. The number of aryl methyl sites for hydroxylation is 1. The standard InChI is InChI=1S/C20H20N6O/c1-15-4-5-19-23-16(11-20(27)26(19)13-15)14-24-7-9-25(10-8-24)18-3-2-6-22-17(18)12-21/h2-6,11,13H,7-10,14H2,1H3. The van der Waals surface area contributed by atoms with Crippen LogP contribution in [-0.4, -0.2) is 45.4 Å². The zero-order valence-electron chi connectivity index (χ0n) is 15.2. The molecule has 1 aliphatic heterocycles. The SMILES string of the molecule is Cc1ccc2nc(CN3CCN(c4cccnc4C#N)CC3)cc(=O)n2c1. The van der Waals surface area contributed by atoms with Crippen LogP contribution in [0.25, 0.3) is 5.65 Å². The Labute approximate surface area is 157 Å². The monoisotopic (exact) mass is 360 g/mol. The first kappa shape index (κ1) is 17.2. The van der Waals surface area contributed by atoms with Crippen LogP contribution in [0.2, 0.25) is 0 Å². The molecule has 0 spiro atoms. The number of aromatic nitrogens is 3. The van der Waals surface area contributed by atoms with Gasteiger partial charge in [-0.1, -0.05) is 6.07 Å². The molecule has 3 aromatic rings. The van der Waals surface area contributed by atoms with E-state index in [4.69, 9.17) is 0 Å². The number of piperazine rings is 1. The molecule has 0 bridgehead atoms. The van der Waals surface area contributed by atoms with Crippen molar-refractivity contribution in [3.63, 3.8) is 0 Å². The highest BCUT2D eigenvalue weighted by Crippen LogP contribution is 2.19. The number of hydrogen-bond donors (Lipinski definition) is 0. The summed E-state index contributed by atoms with van der Waals surface area (Å²) in [5.74, 6) is 0. The first-order chi connectivity index (χ1) is 13.1. The van der Waals surface area contributed by atoms with Crippen LogP contribution >= 0.6 is 0 Å². The van der Waals surface area contributed by atoms with Crippen LogP contribution in [0, 0.1) is 18.3 Å². The second-order valence-corrected chi connectivity index (χ2v) is 6.77. The fourth-order valence-electron chi connectivity index (χ4n) is 3.45. The molecule has 1 fully saturated rings. The van der Waals surface area contributed by atoms with Crippen LogP contribution in [-0.2, 0) is 6.54 Å². The topological polar surface area (TPSA) is 77.5 Å². The number of anilines is 1. The maximum Gasteiger partial charge on any atom is 0.258 e. The van der Waals surface area contributed by atoms with Gasteiger partial charge in [-0.15, -0.1) is 0 Å². The highest BCUT2D eigenvalue weighted by atomic mass is 16.1. The van der Waals surface area contributed by atoms with E-state index in [0.29, 0.717) is 17.9 Å². The molecule has 27 heavy (non-hydrogen) atoms. The Morgan fingerprint density at radius 1 is 1.19 bits per heavy atom. The molecule has 0 aromatic carbocycles. The summed E-state index contributed by atoms with van der Waals surface area (Å²) in [5.41, 5.74) is 3.79. The number of fused-ring (bicyclic) bond motifs is 1. The van der Waals surface area contributed by atoms with Crippen LogP contribution in [0.15, 0.2) is 47.5 Å². The largest absolute Gasteiger partial charge is 0.367 e. The quantitative estimate of drug-likeness (QED) is 0.706. The van der Waals surface area contributed by atoms with Crippen molar-refractivity contribution >= 4 is 11.3 Å². The lowest BCUT2D eigenvalue weighted by Gasteiger charge is -2.36. The molecule has 0 amide bonds. The Bertz CT molecular complexity index is 1080. The van der Waals surface area contributed by atoms with Gasteiger partial charge in [0.2, 0.25) is 0 Å². The Kier molecular flexibility index (Phi) is 4.57. The van der Waals surface area contributed by atoms with Crippen molar-refractivity contribution in [2.75, 3.05) is 31.1 Å². The van der Waals surface area contributed by atoms with Gasteiger partial charge in [0, 0.05) is 51.2 Å². The normalized spacial score (nSPS) is 15.0. The molecule has 7 heteroatoms. The maximum absolute atomic E-state index is 12.4. The van der Waals surface area contributed by atoms with Gasteiger partial charge in [0.15, 0.2) is 5.69 Å². The zero-order valence-corrected chi connectivity index (χ0v) is 15.2. The molecule has 3 aromatic heterocycles. The third kappa shape index (κ3) is 3.52. The molecule has 1 saturated heterocycles. The summed E-state index contributed by atoms with van der Waals surface area (Å²) in [7, 11) is 0. The predicted octanol–water partition coefficient (Wildman–Crippen LogP) is 1.59. The molecule has 0 N–H and O–H groups in total. The van der Waals surface area contributed by atoms with Gasteiger partial charge in [0.25, 0.3) is 5.56 Å². The van der Waals surface area contributed by atoms with Crippen molar-refractivity contribution in [3.8, 4) is 6.07 Å². The maximum atomic E-state index is 12.4. The molecule has 0 radical (unpaired) electrons. The third-order valence-electron chi connectivity index (χ3n) is 4.85. The number of pyridine rings is 2. The smallest absolute Gasteiger partial charge is 0.258 e. The first-order valence-electron chi connectivity index (χ1n) is 8.95. The minimum atomic E-state index is -0.0497. The summed E-state index contributed by atoms with van der Waals surface area (Å²) < 4.78 is 1.59. The van der Waals surface area contributed by atoms with Crippen molar-refractivity contribution in [2.24, 2.45) is 0 Å². The van der Waals surface area contributed by atoms with Crippen molar-refractivity contribution in [3.05, 3.63) is 70.0 Å².